The minimum Gasteiger partial charge on any atom is -0.493 e. The number of rotatable bonds is 10. The van der Waals surface area contributed by atoms with E-state index in [4.69, 9.17) is 21.1 Å². The highest BCUT2D eigenvalue weighted by Gasteiger charge is 2.13. The number of nitrogens with one attached hydrogen (secondary N) is 2. The van der Waals surface area contributed by atoms with Crippen molar-refractivity contribution in [2.24, 2.45) is 5.10 Å². The van der Waals surface area contributed by atoms with Crippen LogP contribution >= 0.6 is 27.5 Å². The van der Waals surface area contributed by atoms with Crippen molar-refractivity contribution in [2.45, 2.75) is 19.4 Å². The Hall–Kier alpha value is -3.87. The minimum absolute atomic E-state index is 0.00575. The number of halogens is 2. The fraction of sp³-hybridized carbons (Fsp3) is 0.154. The molecule has 0 aliphatic carbocycles. The Morgan fingerprint density at radius 3 is 2.64 bits per heavy atom. The number of carbonyl (C=O) groups is 2. The van der Waals surface area contributed by atoms with E-state index in [1.165, 1.54) is 13.3 Å². The molecule has 0 bridgehead atoms. The van der Waals surface area contributed by atoms with Crippen molar-refractivity contribution in [3.63, 3.8) is 0 Å². The van der Waals surface area contributed by atoms with Gasteiger partial charge in [-0.25, -0.2) is 5.43 Å². The van der Waals surface area contributed by atoms with E-state index in [0.717, 1.165) is 5.56 Å². The van der Waals surface area contributed by atoms with Gasteiger partial charge in [-0.2, -0.15) is 10.4 Å². The first kappa shape index (κ1) is 26.7. The van der Waals surface area contributed by atoms with Gasteiger partial charge in [0.2, 0.25) is 11.8 Å². The average molecular weight is 570 g/mol. The van der Waals surface area contributed by atoms with E-state index in [1.807, 2.05) is 12.1 Å². The monoisotopic (exact) mass is 568 g/mol. The normalized spacial score (nSPS) is 10.5. The van der Waals surface area contributed by atoms with Crippen LogP contribution in [0.1, 0.15) is 29.5 Å². The Balaban J connectivity index is 1.54. The molecule has 184 valence electrons. The van der Waals surface area contributed by atoms with Gasteiger partial charge in [0.25, 0.3) is 0 Å². The first-order valence-corrected chi connectivity index (χ1v) is 11.9. The summed E-state index contributed by atoms with van der Waals surface area (Å²) in [5.41, 5.74) is 4.89. The van der Waals surface area contributed by atoms with Crippen LogP contribution in [-0.2, 0) is 16.2 Å². The van der Waals surface area contributed by atoms with Gasteiger partial charge in [0.15, 0.2) is 11.5 Å². The van der Waals surface area contributed by atoms with Crippen LogP contribution < -0.4 is 20.2 Å². The van der Waals surface area contributed by atoms with E-state index in [1.54, 1.807) is 48.5 Å². The molecule has 0 aromatic heterocycles. The molecule has 0 fully saturated rings. The van der Waals surface area contributed by atoms with E-state index in [0.29, 0.717) is 37.8 Å². The van der Waals surface area contributed by atoms with Crippen LogP contribution in [0.15, 0.2) is 70.2 Å². The number of methoxy groups -OCH3 is 1. The van der Waals surface area contributed by atoms with Crippen LogP contribution in [0.5, 0.6) is 11.5 Å². The molecule has 3 rings (SSSR count). The zero-order chi connectivity index (χ0) is 25.9. The second-order valence-electron chi connectivity index (χ2n) is 7.44. The van der Waals surface area contributed by atoms with Gasteiger partial charge in [0, 0.05) is 29.1 Å². The SMILES string of the molecule is COc1cc(C=NNC(=O)CCC(=O)Nc2cccc(Cl)c2)cc(Br)c1OCc1ccccc1C#N. The Kier molecular flexibility index (Phi) is 9.86. The summed E-state index contributed by atoms with van der Waals surface area (Å²) in [4.78, 5) is 24.1. The van der Waals surface area contributed by atoms with Crippen LogP contribution in [0, 0.1) is 11.3 Å². The summed E-state index contributed by atoms with van der Waals surface area (Å²) in [7, 11) is 1.51. The van der Waals surface area contributed by atoms with Gasteiger partial charge in [-0.15, -0.1) is 0 Å². The summed E-state index contributed by atoms with van der Waals surface area (Å²) in [5, 5.41) is 16.4. The predicted octanol–water partition coefficient (Wildman–Crippen LogP) is 5.43. The van der Waals surface area contributed by atoms with E-state index in [-0.39, 0.29) is 25.4 Å². The van der Waals surface area contributed by atoms with E-state index < -0.39 is 5.91 Å². The third-order valence-electron chi connectivity index (χ3n) is 4.85. The van der Waals surface area contributed by atoms with E-state index in [2.05, 4.69) is 37.8 Å². The maximum atomic E-state index is 12.1. The highest BCUT2D eigenvalue weighted by Crippen LogP contribution is 2.37. The van der Waals surface area contributed by atoms with Crippen molar-refractivity contribution in [3.05, 3.63) is 86.8 Å². The lowest BCUT2D eigenvalue weighted by atomic mass is 10.1. The number of carbonyl (C=O) groups excluding carboxylic acids is 2. The van der Waals surface area contributed by atoms with Crippen molar-refractivity contribution in [3.8, 4) is 17.6 Å². The summed E-state index contributed by atoms with van der Waals surface area (Å²) in [6.07, 6.45) is 1.41. The largest absolute Gasteiger partial charge is 0.493 e. The smallest absolute Gasteiger partial charge is 0.240 e. The number of amides is 2. The molecular weight excluding hydrogens is 548 g/mol. The molecular formula is C26H22BrClN4O4. The fourth-order valence-corrected chi connectivity index (χ4v) is 3.88. The van der Waals surface area contributed by atoms with Crippen molar-refractivity contribution in [1.82, 2.24) is 5.43 Å². The number of ether oxygens (including phenoxy) is 2. The van der Waals surface area contributed by atoms with Crippen LogP contribution in [0.25, 0.3) is 0 Å². The zero-order valence-corrected chi connectivity index (χ0v) is 21.6. The fourth-order valence-electron chi connectivity index (χ4n) is 3.11. The van der Waals surface area contributed by atoms with Gasteiger partial charge in [0.1, 0.15) is 6.61 Å². The van der Waals surface area contributed by atoms with Gasteiger partial charge in [0.05, 0.1) is 29.4 Å². The average Bonchev–Trinajstić information content (AvgIpc) is 2.86. The quantitative estimate of drug-likeness (QED) is 0.250. The molecule has 36 heavy (non-hydrogen) atoms. The van der Waals surface area contributed by atoms with E-state index >= 15 is 0 Å². The minimum atomic E-state index is -0.408. The molecule has 0 spiro atoms. The van der Waals surface area contributed by atoms with Gasteiger partial charge < -0.3 is 14.8 Å². The molecule has 0 aliphatic rings. The summed E-state index contributed by atoms with van der Waals surface area (Å²) in [6, 6.07) is 19.5. The van der Waals surface area contributed by atoms with Crippen LogP contribution in [-0.4, -0.2) is 25.1 Å². The standard InChI is InChI=1S/C26H22BrClN4O4/c1-35-23-12-17(11-22(27)26(23)36-16-19-6-3-2-5-18(19)14-29)15-30-32-25(34)10-9-24(33)31-21-8-4-7-20(28)13-21/h2-8,11-13,15H,9-10,16H2,1H3,(H,31,33)(H,32,34). The molecule has 0 radical (unpaired) electrons. The van der Waals surface area contributed by atoms with Crippen molar-refractivity contribution >= 4 is 51.2 Å². The van der Waals surface area contributed by atoms with Gasteiger partial charge in [-0.1, -0.05) is 35.9 Å². The van der Waals surface area contributed by atoms with Crippen molar-refractivity contribution in [2.75, 3.05) is 12.4 Å². The van der Waals surface area contributed by atoms with Crippen molar-refractivity contribution < 1.29 is 19.1 Å². The van der Waals surface area contributed by atoms with Crippen molar-refractivity contribution in [1.29, 1.82) is 5.26 Å². The van der Waals surface area contributed by atoms with Crippen LogP contribution in [0.2, 0.25) is 5.02 Å². The summed E-state index contributed by atoms with van der Waals surface area (Å²) < 4.78 is 12.0. The summed E-state index contributed by atoms with van der Waals surface area (Å²) in [5.74, 6) is 0.203. The molecule has 3 aromatic rings. The van der Waals surface area contributed by atoms with Gasteiger partial charge >= 0.3 is 0 Å². The Bertz CT molecular complexity index is 1320. The van der Waals surface area contributed by atoms with E-state index in [9.17, 15) is 14.9 Å². The molecule has 0 heterocycles. The molecule has 0 atom stereocenters. The molecule has 0 unspecified atom stereocenters. The molecule has 8 nitrogen and oxygen atoms in total. The highest BCUT2D eigenvalue weighted by atomic mass is 79.9. The number of nitrogens with zero attached hydrogens (tertiary/aromatic N) is 2. The first-order chi connectivity index (χ1) is 17.4. The summed E-state index contributed by atoms with van der Waals surface area (Å²) >= 11 is 9.36. The molecule has 2 amide bonds. The molecule has 0 saturated carbocycles. The number of anilines is 1. The zero-order valence-electron chi connectivity index (χ0n) is 19.3. The molecule has 3 aromatic carbocycles. The number of nitriles is 1. The number of hydrogen-bond donors (Lipinski definition) is 2. The lowest BCUT2D eigenvalue weighted by molar-refractivity contribution is -0.124. The third-order valence-corrected chi connectivity index (χ3v) is 5.68. The first-order valence-electron chi connectivity index (χ1n) is 10.7. The Morgan fingerprint density at radius 1 is 1.11 bits per heavy atom. The van der Waals surface area contributed by atoms with Gasteiger partial charge in [-0.05, 0) is 57.9 Å². The maximum Gasteiger partial charge on any atom is 0.240 e. The second-order valence-corrected chi connectivity index (χ2v) is 8.73. The predicted molar refractivity (Wildman–Crippen MR) is 141 cm³/mol. The lowest BCUT2D eigenvalue weighted by Crippen LogP contribution is -2.20. The molecule has 0 aliphatic heterocycles. The topological polar surface area (TPSA) is 113 Å². The number of hydrogen-bond acceptors (Lipinski definition) is 6. The molecule has 0 saturated heterocycles. The Labute approximate surface area is 222 Å². The number of benzene rings is 3. The van der Waals surface area contributed by atoms with Gasteiger partial charge in [-0.3, -0.25) is 9.59 Å². The summed E-state index contributed by atoms with van der Waals surface area (Å²) in [6.45, 7) is 0.188. The lowest BCUT2D eigenvalue weighted by Gasteiger charge is -2.14. The Morgan fingerprint density at radius 2 is 1.89 bits per heavy atom. The molecule has 2 N–H and O–H groups in total. The maximum absolute atomic E-state index is 12.1. The van der Waals surface area contributed by atoms with Crippen LogP contribution in [0.3, 0.4) is 0 Å². The number of hydrazone groups is 1. The second kappa shape index (κ2) is 13.3. The van der Waals surface area contributed by atoms with Crippen LogP contribution in [0.4, 0.5) is 5.69 Å². The third kappa shape index (κ3) is 7.83. The molecule has 10 heteroatoms. The highest BCUT2D eigenvalue weighted by molar-refractivity contribution is 9.10.